The average molecular weight is 367 g/mol. The van der Waals surface area contributed by atoms with Gasteiger partial charge in [0.2, 0.25) is 0 Å². The molecule has 1 aromatic carbocycles. The van der Waals surface area contributed by atoms with Gasteiger partial charge in [-0.15, -0.1) is 0 Å². The van der Waals surface area contributed by atoms with Gasteiger partial charge in [-0.3, -0.25) is 0 Å². The first-order chi connectivity index (χ1) is 10.7. The largest absolute Gasteiger partial charge is 0.492 e. The normalized spacial score (nSPS) is 14.1. The lowest BCUT2D eigenvalue weighted by Crippen LogP contribution is -2.38. The highest BCUT2D eigenvalue weighted by molar-refractivity contribution is 9.10. The van der Waals surface area contributed by atoms with Gasteiger partial charge in [0.1, 0.15) is 12.4 Å². The number of benzene rings is 1. The van der Waals surface area contributed by atoms with Crippen LogP contribution in [0.1, 0.15) is 32.1 Å². The van der Waals surface area contributed by atoms with Crippen LogP contribution in [-0.4, -0.2) is 25.7 Å². The van der Waals surface area contributed by atoms with E-state index in [9.17, 15) is 4.79 Å². The predicted octanol–water partition coefficient (Wildman–Crippen LogP) is 4.02. The number of amides is 2. The quantitative estimate of drug-likeness (QED) is 0.565. The summed E-state index contributed by atoms with van der Waals surface area (Å²) >= 11 is 3.39. The number of hydrogen-bond donors (Lipinski definition) is 2. The van der Waals surface area contributed by atoms with Crippen LogP contribution >= 0.6 is 15.9 Å². The minimum atomic E-state index is -0.130. The highest BCUT2D eigenvalue weighted by Crippen LogP contribution is 2.19. The first kappa shape index (κ1) is 16.9. The second-order valence-corrected chi connectivity index (χ2v) is 6.26. The van der Waals surface area contributed by atoms with Crippen molar-refractivity contribution in [2.24, 2.45) is 0 Å². The molecule has 0 aromatic heterocycles. The first-order valence-electron chi connectivity index (χ1n) is 7.82. The van der Waals surface area contributed by atoms with Crippen molar-refractivity contribution in [3.63, 3.8) is 0 Å². The highest BCUT2D eigenvalue weighted by Gasteiger charge is 2.04. The number of carbonyl (C=O) groups is 1. The third-order valence-electron chi connectivity index (χ3n) is 3.57. The van der Waals surface area contributed by atoms with Gasteiger partial charge >= 0.3 is 6.03 Å². The maximum atomic E-state index is 11.6. The predicted molar refractivity (Wildman–Crippen MR) is 92.2 cm³/mol. The third-order valence-corrected chi connectivity index (χ3v) is 4.06. The molecule has 0 fully saturated rings. The molecule has 0 heterocycles. The Bertz CT molecular complexity index is 517. The van der Waals surface area contributed by atoms with Gasteiger partial charge in [0, 0.05) is 11.0 Å². The van der Waals surface area contributed by atoms with E-state index in [1.165, 1.54) is 31.3 Å². The van der Waals surface area contributed by atoms with E-state index in [-0.39, 0.29) is 6.03 Å². The Morgan fingerprint density at radius 3 is 2.86 bits per heavy atom. The summed E-state index contributed by atoms with van der Waals surface area (Å²) in [7, 11) is 0. The van der Waals surface area contributed by atoms with Crippen molar-refractivity contribution >= 4 is 22.0 Å². The number of halogens is 1. The van der Waals surface area contributed by atoms with E-state index in [4.69, 9.17) is 4.74 Å². The number of hydrogen-bond acceptors (Lipinski definition) is 2. The number of rotatable bonds is 7. The Labute approximate surface area is 140 Å². The second-order valence-electron chi connectivity index (χ2n) is 5.35. The summed E-state index contributed by atoms with van der Waals surface area (Å²) in [6.07, 6.45) is 8.23. The zero-order chi connectivity index (χ0) is 15.6. The summed E-state index contributed by atoms with van der Waals surface area (Å²) in [6.45, 7) is 1.64. The lowest BCUT2D eigenvalue weighted by atomic mass is 9.97. The van der Waals surface area contributed by atoms with Gasteiger partial charge in [0.15, 0.2) is 0 Å². The van der Waals surface area contributed by atoms with Crippen molar-refractivity contribution in [2.75, 3.05) is 19.7 Å². The van der Waals surface area contributed by atoms with Crippen LogP contribution in [0.5, 0.6) is 5.75 Å². The van der Waals surface area contributed by atoms with E-state index >= 15 is 0 Å². The molecule has 2 rings (SSSR count). The maximum absolute atomic E-state index is 11.6. The fourth-order valence-corrected chi connectivity index (χ4v) is 2.80. The fraction of sp³-hybridized carbons (Fsp3) is 0.471. The standard InChI is InChI=1S/C17H23BrN2O2/c18-15-7-4-8-16(13-15)22-12-11-20-17(21)19-10-9-14-5-2-1-3-6-14/h4-5,7-8,13H,1-3,6,9-12H2,(H2,19,20,21). The number of nitrogens with one attached hydrogen (secondary N) is 2. The molecule has 0 bridgehead atoms. The summed E-state index contributed by atoms with van der Waals surface area (Å²) < 4.78 is 6.53. The van der Waals surface area contributed by atoms with Crippen LogP contribution in [0.2, 0.25) is 0 Å². The van der Waals surface area contributed by atoms with E-state index in [2.05, 4.69) is 32.6 Å². The summed E-state index contributed by atoms with van der Waals surface area (Å²) in [5.41, 5.74) is 1.48. The molecular formula is C17H23BrN2O2. The van der Waals surface area contributed by atoms with Gasteiger partial charge in [-0.2, -0.15) is 0 Å². The Morgan fingerprint density at radius 1 is 1.23 bits per heavy atom. The smallest absolute Gasteiger partial charge is 0.314 e. The topological polar surface area (TPSA) is 50.4 Å². The van der Waals surface area contributed by atoms with Crippen molar-refractivity contribution < 1.29 is 9.53 Å². The van der Waals surface area contributed by atoms with E-state index in [1.807, 2.05) is 24.3 Å². The lowest BCUT2D eigenvalue weighted by molar-refractivity contribution is 0.236. The molecule has 120 valence electrons. The van der Waals surface area contributed by atoms with E-state index < -0.39 is 0 Å². The molecule has 1 aromatic rings. The molecule has 0 aliphatic heterocycles. The number of carbonyl (C=O) groups excluding carboxylic acids is 1. The zero-order valence-electron chi connectivity index (χ0n) is 12.7. The van der Waals surface area contributed by atoms with Gasteiger partial charge in [-0.05, 0) is 50.3 Å². The Kier molecular flexibility index (Phi) is 7.30. The summed E-state index contributed by atoms with van der Waals surface area (Å²) in [6, 6.07) is 7.52. The Morgan fingerprint density at radius 2 is 2.09 bits per heavy atom. The van der Waals surface area contributed by atoms with Crippen molar-refractivity contribution in [1.82, 2.24) is 10.6 Å². The number of allylic oxidation sites excluding steroid dienone is 1. The molecule has 4 nitrogen and oxygen atoms in total. The van der Waals surface area contributed by atoms with Crippen LogP contribution in [-0.2, 0) is 0 Å². The molecule has 0 saturated carbocycles. The van der Waals surface area contributed by atoms with Crippen molar-refractivity contribution in [2.45, 2.75) is 32.1 Å². The summed E-state index contributed by atoms with van der Waals surface area (Å²) in [4.78, 5) is 11.6. The van der Waals surface area contributed by atoms with Gasteiger partial charge in [0.25, 0.3) is 0 Å². The maximum Gasteiger partial charge on any atom is 0.314 e. The van der Waals surface area contributed by atoms with E-state index in [0.717, 1.165) is 16.6 Å². The first-order valence-corrected chi connectivity index (χ1v) is 8.61. The minimum Gasteiger partial charge on any atom is -0.492 e. The molecule has 2 N–H and O–H groups in total. The van der Waals surface area contributed by atoms with Crippen LogP contribution in [0.3, 0.4) is 0 Å². The molecule has 5 heteroatoms. The molecule has 2 amide bonds. The van der Waals surface area contributed by atoms with Gasteiger partial charge in [-0.1, -0.05) is 33.6 Å². The van der Waals surface area contributed by atoms with Gasteiger partial charge < -0.3 is 15.4 Å². The SMILES string of the molecule is O=C(NCCOc1cccc(Br)c1)NCCC1=CCCCC1. The van der Waals surface area contributed by atoms with E-state index in [0.29, 0.717) is 19.7 Å². The summed E-state index contributed by atoms with van der Waals surface area (Å²) in [5, 5.41) is 5.68. The summed E-state index contributed by atoms with van der Waals surface area (Å²) in [5.74, 6) is 0.792. The van der Waals surface area contributed by atoms with Crippen LogP contribution in [0.15, 0.2) is 40.4 Å². The van der Waals surface area contributed by atoms with E-state index in [1.54, 1.807) is 0 Å². The lowest BCUT2D eigenvalue weighted by Gasteiger charge is -2.13. The minimum absolute atomic E-state index is 0.130. The number of urea groups is 1. The molecule has 0 radical (unpaired) electrons. The van der Waals surface area contributed by atoms with Crippen LogP contribution in [0.4, 0.5) is 4.79 Å². The molecule has 0 spiro atoms. The highest BCUT2D eigenvalue weighted by atomic mass is 79.9. The molecule has 1 aliphatic carbocycles. The average Bonchev–Trinajstić information content (AvgIpc) is 2.53. The van der Waals surface area contributed by atoms with Crippen LogP contribution in [0, 0.1) is 0 Å². The van der Waals surface area contributed by atoms with Crippen molar-refractivity contribution in [3.8, 4) is 5.75 Å². The van der Waals surface area contributed by atoms with Crippen LogP contribution < -0.4 is 15.4 Å². The molecular weight excluding hydrogens is 344 g/mol. The molecule has 0 saturated heterocycles. The molecule has 0 atom stereocenters. The Balaban J connectivity index is 1.53. The third kappa shape index (κ3) is 6.52. The zero-order valence-corrected chi connectivity index (χ0v) is 14.3. The Hall–Kier alpha value is -1.49. The van der Waals surface area contributed by atoms with Crippen LogP contribution in [0.25, 0.3) is 0 Å². The second kappa shape index (κ2) is 9.51. The van der Waals surface area contributed by atoms with Crippen molar-refractivity contribution in [3.05, 3.63) is 40.4 Å². The molecule has 22 heavy (non-hydrogen) atoms. The molecule has 1 aliphatic rings. The fourth-order valence-electron chi connectivity index (χ4n) is 2.42. The molecule has 0 unspecified atom stereocenters. The number of ether oxygens (including phenoxy) is 1. The monoisotopic (exact) mass is 366 g/mol. The van der Waals surface area contributed by atoms with Gasteiger partial charge in [-0.25, -0.2) is 4.79 Å². The van der Waals surface area contributed by atoms with Crippen molar-refractivity contribution in [1.29, 1.82) is 0 Å². The van der Waals surface area contributed by atoms with Gasteiger partial charge in [0.05, 0.1) is 6.54 Å².